The molecular formula is C30H36N6O3. The van der Waals surface area contributed by atoms with Crippen LogP contribution >= 0.6 is 0 Å². The highest BCUT2D eigenvalue weighted by Gasteiger charge is 2.35. The minimum absolute atomic E-state index is 0.0679. The second-order valence-corrected chi connectivity index (χ2v) is 10.4. The third-order valence-corrected chi connectivity index (χ3v) is 7.44. The van der Waals surface area contributed by atoms with E-state index in [1.807, 2.05) is 89.3 Å². The molecule has 3 heterocycles. The second-order valence-electron chi connectivity index (χ2n) is 10.4. The minimum atomic E-state index is -0.506. The van der Waals surface area contributed by atoms with E-state index < -0.39 is 5.91 Å². The molecule has 1 aromatic heterocycles. The first-order valence-electron chi connectivity index (χ1n) is 13.5. The van der Waals surface area contributed by atoms with Gasteiger partial charge in [-0.05, 0) is 75.7 Å². The number of nitrogens with two attached hydrogens (primary N) is 1. The van der Waals surface area contributed by atoms with Gasteiger partial charge in [0, 0.05) is 37.8 Å². The topological polar surface area (TPSA) is 106 Å². The summed E-state index contributed by atoms with van der Waals surface area (Å²) in [7, 11) is 3.96. The van der Waals surface area contributed by atoms with E-state index in [0.29, 0.717) is 28.7 Å². The number of benzene rings is 2. The Morgan fingerprint density at radius 1 is 1.05 bits per heavy atom. The molecule has 0 aliphatic carbocycles. The van der Waals surface area contributed by atoms with Crippen molar-refractivity contribution in [2.24, 2.45) is 11.7 Å². The fourth-order valence-electron chi connectivity index (χ4n) is 5.46. The summed E-state index contributed by atoms with van der Waals surface area (Å²) in [4.78, 5) is 29.2. The standard InChI is InChI=1S/C30H36N6O3/c1-34(2)18-6-9-26(37)35-19-15-21(16-20-35)25-14-17-32-30-27(29(31)38)28(33-36(25)30)22-10-12-24(13-11-22)39-23-7-4-3-5-8-23/h3-13,21,25,32H,14-20H2,1-2H3,(H2,31,38). The van der Waals surface area contributed by atoms with Gasteiger partial charge in [-0.2, -0.15) is 5.10 Å². The van der Waals surface area contributed by atoms with E-state index in [1.54, 1.807) is 6.08 Å². The van der Waals surface area contributed by atoms with E-state index in [-0.39, 0.29) is 11.9 Å². The summed E-state index contributed by atoms with van der Waals surface area (Å²) < 4.78 is 7.88. The predicted octanol–water partition coefficient (Wildman–Crippen LogP) is 4.15. The van der Waals surface area contributed by atoms with Crippen molar-refractivity contribution in [3.05, 3.63) is 72.3 Å². The Hall–Kier alpha value is -4.11. The Morgan fingerprint density at radius 2 is 1.74 bits per heavy atom. The maximum absolute atomic E-state index is 12.6. The molecule has 9 heteroatoms. The van der Waals surface area contributed by atoms with Crippen molar-refractivity contribution < 1.29 is 14.3 Å². The van der Waals surface area contributed by atoms with Gasteiger partial charge >= 0.3 is 0 Å². The van der Waals surface area contributed by atoms with Crippen molar-refractivity contribution in [1.82, 2.24) is 19.6 Å². The summed E-state index contributed by atoms with van der Waals surface area (Å²) in [5, 5.41) is 8.31. The number of primary amides is 1. The highest BCUT2D eigenvalue weighted by Crippen LogP contribution is 2.40. The Balaban J connectivity index is 1.33. The first kappa shape index (κ1) is 26.5. The number of anilines is 1. The average Bonchev–Trinajstić information content (AvgIpc) is 3.34. The zero-order chi connectivity index (χ0) is 27.4. The molecule has 0 spiro atoms. The Kier molecular flexibility index (Phi) is 7.97. The first-order valence-corrected chi connectivity index (χ1v) is 13.5. The number of para-hydroxylation sites is 1. The van der Waals surface area contributed by atoms with Crippen molar-refractivity contribution in [2.75, 3.05) is 45.6 Å². The van der Waals surface area contributed by atoms with Crippen LogP contribution in [0.15, 0.2) is 66.7 Å². The molecule has 1 unspecified atom stereocenters. The van der Waals surface area contributed by atoms with Gasteiger partial charge in [-0.3, -0.25) is 9.59 Å². The third kappa shape index (κ3) is 5.98. The van der Waals surface area contributed by atoms with Crippen LogP contribution in [-0.4, -0.2) is 71.7 Å². The molecule has 0 radical (unpaired) electrons. The lowest BCUT2D eigenvalue weighted by Gasteiger charge is -2.38. The number of aromatic nitrogens is 2. The van der Waals surface area contributed by atoms with Crippen LogP contribution in [-0.2, 0) is 4.79 Å². The van der Waals surface area contributed by atoms with Crippen LogP contribution in [0.3, 0.4) is 0 Å². The molecular weight excluding hydrogens is 492 g/mol. The highest BCUT2D eigenvalue weighted by atomic mass is 16.5. The normalized spacial score (nSPS) is 17.7. The molecule has 0 saturated carbocycles. The molecule has 3 N–H and O–H groups in total. The van der Waals surface area contributed by atoms with E-state index in [2.05, 4.69) is 5.32 Å². The fraction of sp³-hybridized carbons (Fsp3) is 0.367. The summed E-state index contributed by atoms with van der Waals surface area (Å²) >= 11 is 0. The minimum Gasteiger partial charge on any atom is -0.457 e. The molecule has 2 aliphatic rings. The molecule has 204 valence electrons. The number of piperidine rings is 1. The number of likely N-dealkylation sites (tertiary alicyclic amines) is 1. The zero-order valence-corrected chi connectivity index (χ0v) is 22.5. The van der Waals surface area contributed by atoms with Gasteiger partial charge in [0.1, 0.15) is 28.6 Å². The van der Waals surface area contributed by atoms with Crippen molar-refractivity contribution in [3.8, 4) is 22.8 Å². The van der Waals surface area contributed by atoms with Crippen LogP contribution in [0.1, 0.15) is 35.7 Å². The molecule has 1 saturated heterocycles. The number of hydrogen-bond acceptors (Lipinski definition) is 6. The molecule has 9 nitrogen and oxygen atoms in total. The monoisotopic (exact) mass is 528 g/mol. The number of likely N-dealkylation sites (N-methyl/N-ethyl adjacent to an activating group) is 1. The number of nitrogens with one attached hydrogen (secondary N) is 1. The van der Waals surface area contributed by atoms with Crippen molar-refractivity contribution >= 4 is 17.6 Å². The van der Waals surface area contributed by atoms with Gasteiger partial charge in [0.2, 0.25) is 5.91 Å². The molecule has 2 aromatic carbocycles. The maximum atomic E-state index is 12.6. The number of nitrogens with zero attached hydrogens (tertiary/aromatic N) is 4. The highest BCUT2D eigenvalue weighted by molar-refractivity contribution is 6.03. The van der Waals surface area contributed by atoms with Gasteiger partial charge < -0.3 is 25.6 Å². The van der Waals surface area contributed by atoms with Gasteiger partial charge in [0.15, 0.2) is 0 Å². The van der Waals surface area contributed by atoms with Gasteiger partial charge in [-0.15, -0.1) is 0 Å². The number of amides is 2. The third-order valence-electron chi connectivity index (χ3n) is 7.44. The smallest absolute Gasteiger partial charge is 0.254 e. The predicted molar refractivity (Wildman–Crippen MR) is 152 cm³/mol. The van der Waals surface area contributed by atoms with Gasteiger partial charge in [-0.1, -0.05) is 24.3 Å². The Labute approximate surface area is 229 Å². The lowest BCUT2D eigenvalue weighted by Crippen LogP contribution is -2.41. The largest absolute Gasteiger partial charge is 0.457 e. The van der Waals surface area contributed by atoms with E-state index in [9.17, 15) is 9.59 Å². The number of ether oxygens (including phenoxy) is 1. The number of hydrogen-bond donors (Lipinski definition) is 2. The van der Waals surface area contributed by atoms with Crippen LogP contribution in [0.2, 0.25) is 0 Å². The zero-order valence-electron chi connectivity index (χ0n) is 22.5. The van der Waals surface area contributed by atoms with Crippen LogP contribution in [0.4, 0.5) is 5.82 Å². The molecule has 3 aromatic rings. The molecule has 1 atom stereocenters. The second kappa shape index (κ2) is 11.7. The number of rotatable bonds is 8. The fourth-order valence-corrected chi connectivity index (χ4v) is 5.46. The van der Waals surface area contributed by atoms with Crippen LogP contribution in [0.25, 0.3) is 11.3 Å². The van der Waals surface area contributed by atoms with Gasteiger partial charge in [0.05, 0.1) is 6.04 Å². The van der Waals surface area contributed by atoms with Crippen molar-refractivity contribution in [1.29, 1.82) is 0 Å². The van der Waals surface area contributed by atoms with Gasteiger partial charge in [-0.25, -0.2) is 4.68 Å². The quantitative estimate of drug-likeness (QED) is 0.426. The molecule has 2 amide bonds. The number of carbonyl (C=O) groups excluding carboxylic acids is 2. The number of fused-ring (bicyclic) bond motifs is 1. The average molecular weight is 529 g/mol. The first-order chi connectivity index (χ1) is 18.9. The molecule has 39 heavy (non-hydrogen) atoms. The molecule has 0 bridgehead atoms. The van der Waals surface area contributed by atoms with E-state index in [1.165, 1.54) is 0 Å². The maximum Gasteiger partial charge on any atom is 0.254 e. The lowest BCUT2D eigenvalue weighted by atomic mass is 9.87. The van der Waals surface area contributed by atoms with Gasteiger partial charge in [0.25, 0.3) is 5.91 Å². The van der Waals surface area contributed by atoms with Crippen LogP contribution in [0.5, 0.6) is 11.5 Å². The SMILES string of the molecule is CN(C)CC=CC(=O)N1CCC(C2CCNc3c(C(N)=O)c(-c4ccc(Oc5ccccc5)cc4)nn32)CC1. The van der Waals surface area contributed by atoms with E-state index in [0.717, 1.165) is 56.8 Å². The van der Waals surface area contributed by atoms with E-state index >= 15 is 0 Å². The van der Waals surface area contributed by atoms with Crippen molar-refractivity contribution in [3.63, 3.8) is 0 Å². The summed E-state index contributed by atoms with van der Waals surface area (Å²) in [6, 6.07) is 17.3. The summed E-state index contributed by atoms with van der Waals surface area (Å²) in [5.74, 6) is 2.06. The number of carbonyl (C=O) groups is 2. The van der Waals surface area contributed by atoms with Crippen molar-refractivity contribution in [2.45, 2.75) is 25.3 Å². The Morgan fingerprint density at radius 3 is 2.41 bits per heavy atom. The molecule has 5 rings (SSSR count). The molecule has 2 aliphatic heterocycles. The van der Waals surface area contributed by atoms with E-state index in [4.69, 9.17) is 15.6 Å². The summed E-state index contributed by atoms with van der Waals surface area (Å²) in [6.07, 6.45) is 6.27. The summed E-state index contributed by atoms with van der Waals surface area (Å²) in [6.45, 7) is 2.92. The summed E-state index contributed by atoms with van der Waals surface area (Å²) in [5.41, 5.74) is 7.66. The van der Waals surface area contributed by atoms with Crippen LogP contribution in [0, 0.1) is 5.92 Å². The van der Waals surface area contributed by atoms with Crippen LogP contribution < -0.4 is 15.8 Å². The Bertz CT molecular complexity index is 1320. The lowest BCUT2D eigenvalue weighted by molar-refractivity contribution is -0.127. The molecule has 1 fully saturated rings.